The molecule has 4 N–H and O–H groups in total. The Bertz CT molecular complexity index is 677. The number of benzene rings is 1. The summed E-state index contributed by atoms with van der Waals surface area (Å²) in [5.74, 6) is 1.71. The van der Waals surface area contributed by atoms with Crippen molar-refractivity contribution < 1.29 is 0 Å². The first kappa shape index (κ1) is 11.5. The summed E-state index contributed by atoms with van der Waals surface area (Å²) in [6.07, 6.45) is 2.29. The molecule has 0 bridgehead atoms. The minimum atomic E-state index is 0.750. The van der Waals surface area contributed by atoms with Crippen molar-refractivity contribution >= 4 is 22.4 Å². The first-order valence-corrected chi connectivity index (χ1v) is 6.06. The Morgan fingerprint density at radius 3 is 3.00 bits per heavy atom. The van der Waals surface area contributed by atoms with Gasteiger partial charge in [0.2, 0.25) is 0 Å². The van der Waals surface area contributed by atoms with Crippen LogP contribution in [0.2, 0.25) is 0 Å². The number of fused-ring (bicyclic) bond motifs is 1. The van der Waals surface area contributed by atoms with Crippen molar-refractivity contribution in [2.45, 2.75) is 6.42 Å². The maximum absolute atomic E-state index is 5.74. The second-order valence-corrected chi connectivity index (χ2v) is 4.26. The molecule has 19 heavy (non-hydrogen) atoms. The number of hydrogen-bond acceptors (Lipinski definition) is 5. The van der Waals surface area contributed by atoms with Crippen LogP contribution in [0.1, 0.15) is 5.82 Å². The van der Waals surface area contributed by atoms with Crippen LogP contribution in [0.15, 0.2) is 36.7 Å². The van der Waals surface area contributed by atoms with Crippen LogP contribution in [0.4, 0.5) is 11.5 Å². The molecule has 2 heterocycles. The zero-order valence-corrected chi connectivity index (χ0v) is 10.3. The summed E-state index contributed by atoms with van der Waals surface area (Å²) >= 11 is 0. The molecule has 0 radical (unpaired) electrons. The summed E-state index contributed by atoms with van der Waals surface area (Å²) in [5.41, 5.74) is 7.42. The maximum atomic E-state index is 5.74. The first-order valence-electron chi connectivity index (χ1n) is 6.06. The van der Waals surface area contributed by atoms with Gasteiger partial charge in [-0.1, -0.05) is 0 Å². The van der Waals surface area contributed by atoms with Gasteiger partial charge in [-0.25, -0.2) is 9.97 Å². The molecular weight excluding hydrogens is 240 g/mol. The average Bonchev–Trinajstić information content (AvgIpc) is 2.92. The second kappa shape index (κ2) is 4.93. The van der Waals surface area contributed by atoms with Gasteiger partial charge in [0.25, 0.3) is 0 Å². The van der Waals surface area contributed by atoms with Crippen LogP contribution in [0, 0.1) is 0 Å². The fourth-order valence-electron chi connectivity index (χ4n) is 1.90. The number of H-pyrrole nitrogens is 1. The van der Waals surface area contributed by atoms with Crippen LogP contribution < -0.4 is 11.1 Å². The monoisotopic (exact) mass is 254 g/mol. The molecule has 0 amide bonds. The molecule has 0 unspecified atom stereocenters. The molecular formula is C13H14N6. The third kappa shape index (κ3) is 2.62. The van der Waals surface area contributed by atoms with Gasteiger partial charge in [-0.3, -0.25) is 5.10 Å². The molecule has 0 atom stereocenters. The Labute approximate surface area is 110 Å². The summed E-state index contributed by atoms with van der Waals surface area (Å²) < 4.78 is 0. The van der Waals surface area contributed by atoms with E-state index in [1.54, 1.807) is 0 Å². The summed E-state index contributed by atoms with van der Waals surface area (Å²) in [7, 11) is 0. The lowest BCUT2D eigenvalue weighted by molar-refractivity contribution is 0.898. The van der Waals surface area contributed by atoms with Crippen LogP contribution >= 0.6 is 0 Å². The Morgan fingerprint density at radius 2 is 2.16 bits per heavy atom. The zero-order valence-electron chi connectivity index (χ0n) is 10.3. The molecule has 0 fully saturated rings. The minimum Gasteiger partial charge on any atom is -0.399 e. The van der Waals surface area contributed by atoms with Gasteiger partial charge in [-0.15, -0.1) is 0 Å². The zero-order chi connectivity index (χ0) is 13.1. The van der Waals surface area contributed by atoms with Crippen LogP contribution in [0.5, 0.6) is 0 Å². The molecule has 6 nitrogen and oxygen atoms in total. The van der Waals surface area contributed by atoms with Gasteiger partial charge in [0.15, 0.2) is 0 Å². The Balaban J connectivity index is 1.69. The Kier molecular flexibility index (Phi) is 2.97. The minimum absolute atomic E-state index is 0.750. The van der Waals surface area contributed by atoms with Gasteiger partial charge in [-0.05, 0) is 30.3 Å². The molecule has 0 aliphatic carbocycles. The van der Waals surface area contributed by atoms with Gasteiger partial charge in [0.1, 0.15) is 18.0 Å². The van der Waals surface area contributed by atoms with Gasteiger partial charge in [0, 0.05) is 24.0 Å². The second-order valence-electron chi connectivity index (χ2n) is 4.26. The van der Waals surface area contributed by atoms with E-state index in [-0.39, 0.29) is 0 Å². The highest BCUT2D eigenvalue weighted by atomic mass is 15.2. The number of hydrogen-bond donors (Lipinski definition) is 3. The highest BCUT2D eigenvalue weighted by Crippen LogP contribution is 2.17. The topological polar surface area (TPSA) is 92.5 Å². The normalized spacial score (nSPS) is 10.7. The van der Waals surface area contributed by atoms with E-state index in [4.69, 9.17) is 5.73 Å². The van der Waals surface area contributed by atoms with Crippen molar-refractivity contribution in [1.82, 2.24) is 20.2 Å². The number of nitrogens with two attached hydrogens (primary N) is 1. The number of aromatic amines is 1. The van der Waals surface area contributed by atoms with E-state index in [1.165, 1.54) is 6.33 Å². The molecule has 6 heteroatoms. The van der Waals surface area contributed by atoms with Gasteiger partial charge < -0.3 is 11.1 Å². The summed E-state index contributed by atoms with van der Waals surface area (Å²) in [5, 5.41) is 10.9. The quantitative estimate of drug-likeness (QED) is 0.615. The average molecular weight is 254 g/mol. The van der Waals surface area contributed by atoms with Gasteiger partial charge >= 0.3 is 0 Å². The van der Waals surface area contributed by atoms with Crippen molar-refractivity contribution in [3.8, 4) is 0 Å². The number of anilines is 2. The van der Waals surface area contributed by atoms with Crippen molar-refractivity contribution in [1.29, 1.82) is 0 Å². The highest BCUT2D eigenvalue weighted by Gasteiger charge is 2.00. The SMILES string of the molecule is Nc1ccc2nc(NCCc3ncn[nH]3)ccc2c1. The van der Waals surface area contributed by atoms with E-state index in [2.05, 4.69) is 25.5 Å². The predicted molar refractivity (Wildman–Crippen MR) is 74.7 cm³/mol. The molecule has 0 aliphatic heterocycles. The fourth-order valence-corrected chi connectivity index (χ4v) is 1.90. The van der Waals surface area contributed by atoms with Crippen LogP contribution in [-0.2, 0) is 6.42 Å². The summed E-state index contributed by atoms with van der Waals surface area (Å²) in [6.45, 7) is 0.753. The van der Waals surface area contributed by atoms with E-state index < -0.39 is 0 Å². The largest absolute Gasteiger partial charge is 0.399 e. The lowest BCUT2D eigenvalue weighted by Gasteiger charge is -2.06. The number of pyridine rings is 1. The molecule has 2 aromatic heterocycles. The van der Waals surface area contributed by atoms with E-state index in [9.17, 15) is 0 Å². The Morgan fingerprint density at radius 1 is 1.21 bits per heavy atom. The first-order chi connectivity index (χ1) is 9.31. The van der Waals surface area contributed by atoms with Crippen LogP contribution in [-0.4, -0.2) is 26.7 Å². The maximum Gasteiger partial charge on any atom is 0.137 e. The molecule has 96 valence electrons. The van der Waals surface area contributed by atoms with E-state index in [0.717, 1.165) is 41.2 Å². The number of nitrogens with one attached hydrogen (secondary N) is 2. The molecule has 0 aliphatic rings. The van der Waals surface area contributed by atoms with E-state index >= 15 is 0 Å². The van der Waals surface area contributed by atoms with Crippen molar-refractivity contribution in [2.24, 2.45) is 0 Å². The third-order valence-electron chi connectivity index (χ3n) is 2.85. The molecule has 0 saturated carbocycles. The number of aromatic nitrogens is 4. The third-order valence-corrected chi connectivity index (χ3v) is 2.85. The standard InChI is InChI=1S/C13H14N6/c14-10-2-3-11-9(7-10)1-4-12(18-11)15-6-5-13-16-8-17-19-13/h1-4,7-8H,5-6,14H2,(H,15,18)(H,16,17,19). The molecule has 1 aromatic carbocycles. The predicted octanol–water partition coefficient (Wildman–Crippen LogP) is 1.59. The van der Waals surface area contributed by atoms with Crippen molar-refractivity contribution in [3.05, 3.63) is 42.5 Å². The highest BCUT2D eigenvalue weighted by molar-refractivity contribution is 5.83. The van der Waals surface area contributed by atoms with Crippen molar-refractivity contribution in [3.63, 3.8) is 0 Å². The van der Waals surface area contributed by atoms with E-state index in [1.807, 2.05) is 30.3 Å². The van der Waals surface area contributed by atoms with E-state index in [0.29, 0.717) is 0 Å². The van der Waals surface area contributed by atoms with Crippen LogP contribution in [0.25, 0.3) is 10.9 Å². The number of nitrogens with zero attached hydrogens (tertiary/aromatic N) is 3. The smallest absolute Gasteiger partial charge is 0.137 e. The summed E-state index contributed by atoms with van der Waals surface area (Å²) in [6, 6.07) is 9.65. The van der Waals surface area contributed by atoms with Gasteiger partial charge in [-0.2, -0.15) is 5.10 Å². The molecule has 0 spiro atoms. The lowest BCUT2D eigenvalue weighted by Crippen LogP contribution is -2.07. The molecule has 3 rings (SSSR count). The van der Waals surface area contributed by atoms with Gasteiger partial charge in [0.05, 0.1) is 5.52 Å². The molecule has 3 aromatic rings. The fraction of sp³-hybridized carbons (Fsp3) is 0.154. The van der Waals surface area contributed by atoms with Crippen molar-refractivity contribution in [2.75, 3.05) is 17.6 Å². The Hall–Kier alpha value is -2.63. The summed E-state index contributed by atoms with van der Waals surface area (Å²) in [4.78, 5) is 8.59. The lowest BCUT2D eigenvalue weighted by atomic mass is 10.2. The molecule has 0 saturated heterocycles. The number of rotatable bonds is 4. The number of nitrogen functional groups attached to an aromatic ring is 1. The van der Waals surface area contributed by atoms with Crippen LogP contribution in [0.3, 0.4) is 0 Å².